The molecule has 0 bridgehead atoms. The third-order valence-corrected chi connectivity index (χ3v) is 5.35. The van der Waals surface area contributed by atoms with Crippen molar-refractivity contribution in [3.8, 4) is 34.0 Å². The number of nitrogens with zero attached hydrogens (tertiary/aromatic N) is 1. The molecule has 2 heterocycles. The molecule has 0 atom stereocenters. The number of amides is 1. The monoisotopic (exact) mass is 442 g/mol. The molecule has 1 N–H and O–H groups in total. The Kier molecular flexibility index (Phi) is 5.48. The van der Waals surface area contributed by atoms with Crippen molar-refractivity contribution in [3.63, 3.8) is 0 Å². The van der Waals surface area contributed by atoms with Crippen LogP contribution in [0.3, 0.4) is 0 Å². The zero-order chi connectivity index (χ0) is 21.9. The van der Waals surface area contributed by atoms with Gasteiger partial charge in [0.1, 0.15) is 13.2 Å². The van der Waals surface area contributed by atoms with Crippen LogP contribution in [0.25, 0.3) is 22.5 Å². The largest absolute Gasteiger partial charge is 0.486 e. The summed E-state index contributed by atoms with van der Waals surface area (Å²) in [4.78, 5) is 17.2. The second-order valence-corrected chi connectivity index (χ2v) is 7.74. The SMILES string of the molecule is O=C(Nc1ccc(-c2cccc(-c3ccc4c(c3)OCCO4)n2)cc1)c1cccc(Cl)c1. The molecule has 4 aromatic rings. The number of nitrogens with one attached hydrogen (secondary N) is 1. The molecule has 1 aromatic heterocycles. The van der Waals surface area contributed by atoms with E-state index in [0.29, 0.717) is 29.5 Å². The van der Waals surface area contributed by atoms with E-state index in [1.54, 1.807) is 24.3 Å². The minimum absolute atomic E-state index is 0.209. The first-order valence-electron chi connectivity index (χ1n) is 10.2. The molecular weight excluding hydrogens is 424 g/mol. The Morgan fingerprint density at radius 1 is 0.781 bits per heavy atom. The molecule has 0 saturated heterocycles. The van der Waals surface area contributed by atoms with Crippen LogP contribution in [-0.4, -0.2) is 24.1 Å². The number of ether oxygens (including phenoxy) is 2. The van der Waals surface area contributed by atoms with Gasteiger partial charge in [0.15, 0.2) is 11.5 Å². The van der Waals surface area contributed by atoms with Crippen molar-refractivity contribution >= 4 is 23.2 Å². The van der Waals surface area contributed by atoms with Crippen LogP contribution in [0.2, 0.25) is 5.02 Å². The van der Waals surface area contributed by atoms with Gasteiger partial charge in [0.25, 0.3) is 5.91 Å². The van der Waals surface area contributed by atoms with Crippen molar-refractivity contribution in [1.82, 2.24) is 4.98 Å². The minimum atomic E-state index is -0.209. The van der Waals surface area contributed by atoms with E-state index in [9.17, 15) is 4.79 Å². The van der Waals surface area contributed by atoms with Gasteiger partial charge in [-0.1, -0.05) is 35.9 Å². The van der Waals surface area contributed by atoms with Gasteiger partial charge in [0, 0.05) is 27.4 Å². The Bertz CT molecular complexity index is 1290. The smallest absolute Gasteiger partial charge is 0.255 e. The minimum Gasteiger partial charge on any atom is -0.486 e. The molecule has 0 fully saturated rings. The number of fused-ring (bicyclic) bond motifs is 1. The Labute approximate surface area is 190 Å². The fraction of sp³-hybridized carbons (Fsp3) is 0.0769. The predicted octanol–water partition coefficient (Wildman–Crippen LogP) is 6.09. The van der Waals surface area contributed by atoms with Crippen molar-refractivity contribution in [2.75, 3.05) is 18.5 Å². The van der Waals surface area contributed by atoms with E-state index in [2.05, 4.69) is 5.32 Å². The number of carbonyl (C=O) groups excluding carboxylic acids is 1. The first-order valence-corrected chi connectivity index (χ1v) is 10.6. The molecule has 5 rings (SSSR count). The van der Waals surface area contributed by atoms with Crippen LogP contribution in [0.15, 0.2) is 84.9 Å². The molecule has 0 saturated carbocycles. The van der Waals surface area contributed by atoms with Gasteiger partial charge in [0.05, 0.1) is 11.4 Å². The van der Waals surface area contributed by atoms with E-state index < -0.39 is 0 Å². The van der Waals surface area contributed by atoms with Gasteiger partial charge in [-0.15, -0.1) is 0 Å². The summed E-state index contributed by atoms with van der Waals surface area (Å²) in [7, 11) is 0. The Balaban J connectivity index is 1.35. The van der Waals surface area contributed by atoms with Gasteiger partial charge in [-0.2, -0.15) is 0 Å². The molecule has 0 radical (unpaired) electrons. The molecule has 32 heavy (non-hydrogen) atoms. The first-order chi connectivity index (χ1) is 15.7. The van der Waals surface area contributed by atoms with Crippen molar-refractivity contribution in [3.05, 3.63) is 95.5 Å². The summed E-state index contributed by atoms with van der Waals surface area (Å²) in [5.74, 6) is 1.28. The molecule has 0 spiro atoms. The molecule has 3 aromatic carbocycles. The molecule has 158 valence electrons. The Morgan fingerprint density at radius 3 is 2.25 bits per heavy atom. The van der Waals surface area contributed by atoms with Crippen molar-refractivity contribution in [2.24, 2.45) is 0 Å². The first kappa shape index (κ1) is 20.1. The Hall–Kier alpha value is -3.83. The number of rotatable bonds is 4. The second kappa shape index (κ2) is 8.73. The highest BCUT2D eigenvalue weighted by Crippen LogP contribution is 2.34. The lowest BCUT2D eigenvalue weighted by Gasteiger charge is -2.18. The summed E-state index contributed by atoms with van der Waals surface area (Å²) >= 11 is 5.97. The van der Waals surface area contributed by atoms with Crippen LogP contribution in [0, 0.1) is 0 Å². The Morgan fingerprint density at radius 2 is 1.47 bits per heavy atom. The summed E-state index contributed by atoms with van der Waals surface area (Å²) in [6.45, 7) is 1.11. The zero-order valence-corrected chi connectivity index (χ0v) is 17.8. The van der Waals surface area contributed by atoms with Crippen molar-refractivity contribution < 1.29 is 14.3 Å². The number of benzene rings is 3. The number of pyridine rings is 1. The van der Waals surface area contributed by atoms with Crippen LogP contribution < -0.4 is 14.8 Å². The van der Waals surface area contributed by atoms with E-state index in [1.807, 2.05) is 60.7 Å². The van der Waals surface area contributed by atoms with Crippen molar-refractivity contribution in [1.29, 1.82) is 0 Å². The van der Waals surface area contributed by atoms with Crippen molar-refractivity contribution in [2.45, 2.75) is 0 Å². The van der Waals surface area contributed by atoms with Gasteiger partial charge >= 0.3 is 0 Å². The summed E-state index contributed by atoms with van der Waals surface area (Å²) in [5, 5.41) is 3.41. The van der Waals surface area contributed by atoms with Crippen LogP contribution in [0.5, 0.6) is 11.5 Å². The summed E-state index contributed by atoms with van der Waals surface area (Å²) < 4.78 is 11.3. The number of hydrogen-bond acceptors (Lipinski definition) is 4. The molecule has 0 unspecified atom stereocenters. The number of carbonyl (C=O) groups is 1. The molecule has 6 heteroatoms. The van der Waals surface area contributed by atoms with Crippen LogP contribution >= 0.6 is 11.6 Å². The normalized spacial score (nSPS) is 12.3. The average molecular weight is 443 g/mol. The zero-order valence-electron chi connectivity index (χ0n) is 17.0. The van der Waals surface area contributed by atoms with Crippen LogP contribution in [-0.2, 0) is 0 Å². The van der Waals surface area contributed by atoms with E-state index in [1.165, 1.54) is 0 Å². The molecular formula is C26H19ClN2O3. The van der Waals surface area contributed by atoms with E-state index in [0.717, 1.165) is 34.0 Å². The van der Waals surface area contributed by atoms with E-state index in [4.69, 9.17) is 26.1 Å². The third kappa shape index (κ3) is 4.29. The quantitative estimate of drug-likeness (QED) is 0.415. The highest BCUT2D eigenvalue weighted by Gasteiger charge is 2.13. The van der Waals surface area contributed by atoms with Gasteiger partial charge in [-0.25, -0.2) is 4.98 Å². The lowest BCUT2D eigenvalue weighted by Crippen LogP contribution is -2.15. The maximum atomic E-state index is 12.4. The standard InChI is InChI=1S/C26H19ClN2O3/c27-20-4-1-3-19(15-20)26(30)28-21-10-7-17(8-11-21)22-5-2-6-23(29-22)18-9-12-24-25(16-18)32-14-13-31-24/h1-12,15-16H,13-14H2,(H,28,30). The van der Waals surface area contributed by atoms with E-state index >= 15 is 0 Å². The van der Waals surface area contributed by atoms with Crippen LogP contribution in [0.1, 0.15) is 10.4 Å². The molecule has 1 amide bonds. The highest BCUT2D eigenvalue weighted by molar-refractivity contribution is 6.31. The van der Waals surface area contributed by atoms with Gasteiger partial charge in [0.2, 0.25) is 0 Å². The summed E-state index contributed by atoms with van der Waals surface area (Å²) in [5.41, 5.74) is 4.80. The maximum absolute atomic E-state index is 12.4. The highest BCUT2D eigenvalue weighted by atomic mass is 35.5. The summed E-state index contributed by atoms with van der Waals surface area (Å²) in [6, 6.07) is 26.2. The maximum Gasteiger partial charge on any atom is 0.255 e. The lowest BCUT2D eigenvalue weighted by molar-refractivity contribution is 0.102. The number of halogens is 1. The fourth-order valence-electron chi connectivity index (χ4n) is 3.52. The summed E-state index contributed by atoms with van der Waals surface area (Å²) in [6.07, 6.45) is 0. The molecule has 1 aliphatic rings. The molecule has 0 aliphatic carbocycles. The lowest BCUT2D eigenvalue weighted by atomic mass is 10.1. The average Bonchev–Trinajstić information content (AvgIpc) is 2.84. The van der Waals surface area contributed by atoms with Gasteiger partial charge in [-0.3, -0.25) is 4.79 Å². The third-order valence-electron chi connectivity index (χ3n) is 5.11. The number of anilines is 1. The molecule has 5 nitrogen and oxygen atoms in total. The molecule has 1 aliphatic heterocycles. The number of aromatic nitrogens is 1. The topological polar surface area (TPSA) is 60.5 Å². The number of hydrogen-bond donors (Lipinski definition) is 1. The second-order valence-electron chi connectivity index (χ2n) is 7.31. The van der Waals surface area contributed by atoms with E-state index in [-0.39, 0.29) is 5.91 Å². The van der Waals surface area contributed by atoms with Crippen LogP contribution in [0.4, 0.5) is 5.69 Å². The van der Waals surface area contributed by atoms with Gasteiger partial charge < -0.3 is 14.8 Å². The predicted molar refractivity (Wildman–Crippen MR) is 126 cm³/mol. The fourth-order valence-corrected chi connectivity index (χ4v) is 3.71. The van der Waals surface area contributed by atoms with Gasteiger partial charge in [-0.05, 0) is 60.7 Å².